The molecule has 7 aromatic rings. The zero-order chi connectivity index (χ0) is 48.7. The minimum absolute atomic E-state index is 0.0363. The lowest BCUT2D eigenvalue weighted by Gasteiger charge is -2.13. The summed E-state index contributed by atoms with van der Waals surface area (Å²) in [6.07, 6.45) is 0. The van der Waals surface area contributed by atoms with E-state index in [1.54, 1.807) is 121 Å². The molecule has 7 aromatic carbocycles. The Hall–Kier alpha value is -9.43. The molecule has 0 heterocycles. The van der Waals surface area contributed by atoms with Crippen LogP contribution in [0.4, 0.5) is 0 Å². The van der Waals surface area contributed by atoms with E-state index < -0.39 is 84.8 Å². The summed E-state index contributed by atoms with van der Waals surface area (Å²) in [5.74, 6) is -6.63. The molecule has 0 aliphatic carbocycles. The van der Waals surface area contributed by atoms with Gasteiger partial charge in [0.15, 0.2) is 55.3 Å². The number of Topliss-reactive ketones (excluding diaryl/α,β-unsaturated/α-hetero) is 4. The van der Waals surface area contributed by atoms with E-state index in [0.717, 1.165) is 6.07 Å². The van der Waals surface area contributed by atoms with E-state index in [0.29, 0.717) is 16.7 Å². The average molecular weight is 923 g/mol. The van der Waals surface area contributed by atoms with Crippen molar-refractivity contribution in [1.29, 1.82) is 0 Å². The van der Waals surface area contributed by atoms with Gasteiger partial charge in [0, 0.05) is 33.4 Å². The summed E-state index contributed by atoms with van der Waals surface area (Å²) >= 11 is 0. The normalized spacial score (nSPS) is 10.5. The van der Waals surface area contributed by atoms with Crippen LogP contribution >= 0.6 is 0 Å². The molecule has 0 amide bonds. The molecule has 0 aliphatic rings. The smallest absolute Gasteiger partial charge is 0.339 e. The first-order valence-corrected chi connectivity index (χ1v) is 21.1. The number of ether oxygens (including phenoxy) is 5. The number of carbonyl (C=O) groups excluding carboxylic acids is 9. The Balaban J connectivity index is 1.08. The van der Waals surface area contributed by atoms with Gasteiger partial charge in [0.2, 0.25) is 0 Å². The van der Waals surface area contributed by atoms with Crippen LogP contribution in [0.25, 0.3) is 0 Å². The average Bonchev–Trinajstić information content (AvgIpc) is 3.40. The van der Waals surface area contributed by atoms with Crippen LogP contribution < -0.4 is 4.74 Å². The fourth-order valence-electron chi connectivity index (χ4n) is 6.61. The number of rotatable bonds is 20. The molecule has 0 atom stereocenters. The van der Waals surface area contributed by atoms with E-state index in [9.17, 15) is 43.2 Å². The summed E-state index contributed by atoms with van der Waals surface area (Å²) in [7, 11) is 0. The first kappa shape index (κ1) is 47.5. The van der Waals surface area contributed by atoms with Crippen LogP contribution in [-0.2, 0) is 18.9 Å². The largest absolute Gasteiger partial charge is 0.457 e. The van der Waals surface area contributed by atoms with Crippen molar-refractivity contribution in [3.05, 3.63) is 238 Å². The van der Waals surface area contributed by atoms with Gasteiger partial charge < -0.3 is 23.7 Å². The summed E-state index contributed by atoms with van der Waals surface area (Å²) in [6, 6.07) is 45.5. The van der Waals surface area contributed by atoms with Crippen LogP contribution in [0.1, 0.15) is 98.8 Å². The van der Waals surface area contributed by atoms with Crippen LogP contribution in [0.2, 0.25) is 0 Å². The van der Waals surface area contributed by atoms with Crippen molar-refractivity contribution in [1.82, 2.24) is 0 Å². The van der Waals surface area contributed by atoms with E-state index in [-0.39, 0.29) is 44.9 Å². The van der Waals surface area contributed by atoms with E-state index in [1.807, 2.05) is 0 Å². The SMILES string of the molecule is O=C(COC(=O)c1ccc(Oc2ccc(C(=O)c3ccc(C(=O)OCC(=O)c4ccccc4)c(C(=O)OCC(=O)c4ccccc4)c3)cc2)cc1C(=O)OCC(=O)c1ccccc1)c1ccccc1. The monoisotopic (exact) mass is 922 g/mol. The van der Waals surface area contributed by atoms with Crippen LogP contribution in [-0.4, -0.2) is 79.2 Å². The third-order valence-electron chi connectivity index (χ3n) is 10.2. The van der Waals surface area contributed by atoms with Crippen molar-refractivity contribution >= 4 is 52.8 Å². The molecule has 342 valence electrons. The summed E-state index contributed by atoms with van der Waals surface area (Å²) in [6.45, 7) is -2.59. The minimum atomic E-state index is -1.11. The van der Waals surface area contributed by atoms with Gasteiger partial charge in [-0.25, -0.2) is 19.2 Å². The highest BCUT2D eigenvalue weighted by Gasteiger charge is 2.26. The van der Waals surface area contributed by atoms with Gasteiger partial charge in [0.25, 0.3) is 0 Å². The maximum atomic E-state index is 13.8. The number of hydrogen-bond acceptors (Lipinski definition) is 14. The summed E-state index contributed by atoms with van der Waals surface area (Å²) in [4.78, 5) is 118. The molecule has 0 aromatic heterocycles. The van der Waals surface area contributed by atoms with Gasteiger partial charge in [-0.2, -0.15) is 0 Å². The van der Waals surface area contributed by atoms with Crippen LogP contribution in [0, 0.1) is 0 Å². The molecular weight excluding hydrogens is 885 g/mol. The standard InChI is InChI=1S/C55H38O14/c56-47(35-13-5-1-6-14-35)31-65-52(61)43-27-23-40(29-45(43)54(63)67-33-49(58)37-17-9-3-10-18-37)51(60)39-21-24-41(25-22-39)69-42-26-28-44(53(62)66-32-48(57)36-15-7-2-8-16-36)46(30-42)55(64)68-34-50(59)38-19-11-4-12-20-38/h1-30H,31-34H2. The molecule has 0 saturated heterocycles. The Kier molecular flexibility index (Phi) is 15.6. The molecule has 0 spiro atoms. The number of esters is 4. The Morgan fingerprint density at radius 2 is 0.580 bits per heavy atom. The van der Waals surface area contributed by atoms with Crippen molar-refractivity contribution in [2.45, 2.75) is 0 Å². The van der Waals surface area contributed by atoms with Gasteiger partial charge in [0.1, 0.15) is 11.5 Å². The Morgan fingerprint density at radius 1 is 0.275 bits per heavy atom. The van der Waals surface area contributed by atoms with Crippen molar-refractivity contribution in [3.63, 3.8) is 0 Å². The maximum absolute atomic E-state index is 13.8. The summed E-state index contributed by atoms with van der Waals surface area (Å²) in [5, 5.41) is 0. The van der Waals surface area contributed by atoms with Gasteiger partial charge in [-0.15, -0.1) is 0 Å². The zero-order valence-electron chi connectivity index (χ0n) is 36.4. The second-order valence-electron chi connectivity index (χ2n) is 14.9. The Labute approximate surface area is 394 Å². The number of benzene rings is 7. The summed E-state index contributed by atoms with van der Waals surface area (Å²) in [5.41, 5.74) is -0.0749. The molecule has 0 radical (unpaired) electrons. The highest BCUT2D eigenvalue weighted by Crippen LogP contribution is 2.27. The molecule has 14 heteroatoms. The van der Waals surface area contributed by atoms with Gasteiger partial charge in [-0.1, -0.05) is 127 Å². The van der Waals surface area contributed by atoms with Crippen molar-refractivity contribution in [3.8, 4) is 11.5 Å². The molecule has 0 aliphatic heterocycles. The molecule has 0 fully saturated rings. The molecule has 0 saturated carbocycles. The zero-order valence-corrected chi connectivity index (χ0v) is 36.4. The van der Waals surface area contributed by atoms with E-state index in [2.05, 4.69) is 0 Å². The number of hydrogen-bond donors (Lipinski definition) is 0. The van der Waals surface area contributed by atoms with E-state index >= 15 is 0 Å². The first-order valence-electron chi connectivity index (χ1n) is 21.1. The maximum Gasteiger partial charge on any atom is 0.339 e. The van der Waals surface area contributed by atoms with Crippen LogP contribution in [0.3, 0.4) is 0 Å². The van der Waals surface area contributed by atoms with Crippen molar-refractivity contribution in [2.75, 3.05) is 26.4 Å². The predicted molar refractivity (Wildman–Crippen MR) is 247 cm³/mol. The fourth-order valence-corrected chi connectivity index (χ4v) is 6.61. The summed E-state index contributed by atoms with van der Waals surface area (Å²) < 4.78 is 27.1. The third kappa shape index (κ3) is 12.5. The lowest BCUT2D eigenvalue weighted by atomic mass is 9.98. The van der Waals surface area contributed by atoms with E-state index in [1.165, 1.54) is 54.6 Å². The van der Waals surface area contributed by atoms with E-state index in [4.69, 9.17) is 23.7 Å². The quantitative estimate of drug-likeness (QED) is 0.0399. The van der Waals surface area contributed by atoms with Crippen molar-refractivity contribution in [2.24, 2.45) is 0 Å². The second kappa shape index (κ2) is 22.7. The molecule has 0 N–H and O–H groups in total. The van der Waals surface area contributed by atoms with Gasteiger partial charge >= 0.3 is 23.9 Å². The van der Waals surface area contributed by atoms with Crippen LogP contribution in [0.5, 0.6) is 11.5 Å². The topological polar surface area (TPSA) is 200 Å². The van der Waals surface area contributed by atoms with Gasteiger partial charge in [0.05, 0.1) is 22.3 Å². The van der Waals surface area contributed by atoms with Crippen LogP contribution in [0.15, 0.2) is 182 Å². The molecule has 69 heavy (non-hydrogen) atoms. The second-order valence-corrected chi connectivity index (χ2v) is 14.9. The molecule has 0 bridgehead atoms. The first-order chi connectivity index (χ1) is 33.4. The number of ketones is 5. The molecular formula is C55H38O14. The molecule has 7 rings (SSSR count). The van der Waals surface area contributed by atoms with Gasteiger partial charge in [-0.05, 0) is 54.6 Å². The van der Waals surface area contributed by atoms with Crippen molar-refractivity contribution < 1.29 is 66.8 Å². The lowest BCUT2D eigenvalue weighted by molar-refractivity contribution is 0.0439. The molecule has 0 unspecified atom stereocenters. The third-order valence-corrected chi connectivity index (χ3v) is 10.2. The lowest BCUT2D eigenvalue weighted by Crippen LogP contribution is -2.20. The highest BCUT2D eigenvalue weighted by molar-refractivity contribution is 6.12. The Morgan fingerprint density at radius 3 is 0.957 bits per heavy atom. The number of carbonyl (C=O) groups is 9. The predicted octanol–water partition coefficient (Wildman–Crippen LogP) is 8.87. The minimum Gasteiger partial charge on any atom is -0.457 e. The Bertz CT molecular complexity index is 3060. The molecule has 14 nitrogen and oxygen atoms in total. The van der Waals surface area contributed by atoms with Gasteiger partial charge in [-0.3, -0.25) is 24.0 Å². The fraction of sp³-hybridized carbons (Fsp3) is 0.0727. The highest BCUT2D eigenvalue weighted by atomic mass is 16.6.